The molecule has 1 aliphatic rings. The van der Waals surface area contributed by atoms with Crippen molar-refractivity contribution in [3.63, 3.8) is 0 Å². The molecule has 4 aromatic rings. The number of nitrogens with zero attached hydrogens (tertiary/aromatic N) is 4. The van der Waals surface area contributed by atoms with Crippen molar-refractivity contribution in [1.29, 1.82) is 5.26 Å². The Balaban J connectivity index is 1.84. The van der Waals surface area contributed by atoms with Gasteiger partial charge in [-0.1, -0.05) is 12.1 Å². The van der Waals surface area contributed by atoms with Crippen LogP contribution in [-0.2, 0) is 4.74 Å². The number of ether oxygens (including phenoxy) is 2. The Morgan fingerprint density at radius 1 is 1.25 bits per heavy atom. The number of hydrogen-bond acceptors (Lipinski definition) is 10. The lowest BCUT2D eigenvalue weighted by Gasteiger charge is -2.29. The van der Waals surface area contributed by atoms with Crippen LogP contribution in [0.4, 0.5) is 5.82 Å². The number of aliphatic hydroxyl groups excluding tert-OH is 1. The number of nitriles is 1. The largest absolute Gasteiger partial charge is 0.508 e. The van der Waals surface area contributed by atoms with Gasteiger partial charge in [-0.3, -0.25) is 0 Å². The predicted octanol–water partition coefficient (Wildman–Crippen LogP) is 2.89. The molecule has 2 aromatic heterocycles. The summed E-state index contributed by atoms with van der Waals surface area (Å²) < 4.78 is 16.8. The summed E-state index contributed by atoms with van der Waals surface area (Å²) in [6.07, 6.45) is 0.554. The summed E-state index contributed by atoms with van der Waals surface area (Å²) >= 11 is 0. The van der Waals surface area contributed by atoms with Gasteiger partial charge in [0.15, 0.2) is 5.82 Å². The van der Waals surface area contributed by atoms with Gasteiger partial charge in [0.05, 0.1) is 43.5 Å². The van der Waals surface area contributed by atoms with E-state index in [0.717, 1.165) is 0 Å². The molecular weight excluding hydrogens is 464 g/mol. The van der Waals surface area contributed by atoms with Crippen molar-refractivity contribution in [2.45, 2.75) is 19.4 Å². The Morgan fingerprint density at radius 2 is 2.08 bits per heavy atom. The molecule has 0 aliphatic carbocycles. The zero-order valence-corrected chi connectivity index (χ0v) is 19.8. The molecule has 1 saturated heterocycles. The SMILES string of the molecule is COc1nc(N2CCOCCC2CO)c2c(=O)oc(-c3cc(O)cc4cccc(C#N)c34)c(C)c2n1. The van der Waals surface area contributed by atoms with Crippen LogP contribution in [0.15, 0.2) is 39.5 Å². The van der Waals surface area contributed by atoms with Gasteiger partial charge in [0, 0.05) is 29.7 Å². The number of hydrogen-bond donors (Lipinski definition) is 2. The van der Waals surface area contributed by atoms with Crippen LogP contribution in [0.3, 0.4) is 0 Å². The molecule has 2 N–H and O–H groups in total. The number of aromatic hydroxyl groups is 1. The van der Waals surface area contributed by atoms with Crippen LogP contribution in [-0.4, -0.2) is 59.7 Å². The third-order valence-electron chi connectivity index (χ3n) is 6.47. The number of phenolic OH excluding ortho intramolecular Hbond substituents is 1. The van der Waals surface area contributed by atoms with E-state index in [2.05, 4.69) is 16.0 Å². The molecule has 36 heavy (non-hydrogen) atoms. The van der Waals surface area contributed by atoms with E-state index in [4.69, 9.17) is 13.9 Å². The van der Waals surface area contributed by atoms with Crippen molar-refractivity contribution < 1.29 is 24.1 Å². The number of phenols is 1. The maximum absolute atomic E-state index is 13.5. The maximum Gasteiger partial charge on any atom is 0.349 e. The van der Waals surface area contributed by atoms with E-state index < -0.39 is 5.63 Å². The second-order valence-corrected chi connectivity index (χ2v) is 8.54. The normalized spacial score (nSPS) is 16.2. The van der Waals surface area contributed by atoms with Gasteiger partial charge in [0.2, 0.25) is 0 Å². The van der Waals surface area contributed by atoms with Gasteiger partial charge in [-0.15, -0.1) is 0 Å². The first-order valence-corrected chi connectivity index (χ1v) is 11.5. The fraction of sp³-hybridized carbons (Fsp3) is 0.308. The number of rotatable bonds is 4. The molecule has 1 aliphatic heterocycles. The van der Waals surface area contributed by atoms with Gasteiger partial charge in [0.25, 0.3) is 0 Å². The summed E-state index contributed by atoms with van der Waals surface area (Å²) in [7, 11) is 1.43. The van der Waals surface area contributed by atoms with Crippen molar-refractivity contribution in [1.82, 2.24) is 9.97 Å². The van der Waals surface area contributed by atoms with Crippen LogP contribution in [0, 0.1) is 18.3 Å². The molecule has 10 heteroatoms. The van der Waals surface area contributed by atoms with E-state index in [1.54, 1.807) is 31.2 Å². The first-order chi connectivity index (χ1) is 17.5. The van der Waals surface area contributed by atoms with Crippen LogP contribution in [0.1, 0.15) is 17.5 Å². The smallest absolute Gasteiger partial charge is 0.349 e. The average Bonchev–Trinajstić information content (AvgIpc) is 3.14. The summed E-state index contributed by atoms with van der Waals surface area (Å²) in [5.41, 5.74) is 0.917. The minimum atomic E-state index is -0.684. The van der Waals surface area contributed by atoms with Gasteiger partial charge < -0.3 is 29.0 Å². The molecule has 1 atom stereocenters. The van der Waals surface area contributed by atoms with E-state index in [1.807, 2.05) is 4.90 Å². The van der Waals surface area contributed by atoms with Crippen LogP contribution in [0.5, 0.6) is 11.8 Å². The molecule has 10 nitrogen and oxygen atoms in total. The lowest BCUT2D eigenvalue weighted by Crippen LogP contribution is -2.40. The van der Waals surface area contributed by atoms with E-state index >= 15 is 0 Å². The summed E-state index contributed by atoms with van der Waals surface area (Å²) in [6.45, 7) is 2.89. The molecule has 0 spiro atoms. The highest BCUT2D eigenvalue weighted by atomic mass is 16.5. The first-order valence-electron chi connectivity index (χ1n) is 11.5. The van der Waals surface area contributed by atoms with Crippen molar-refractivity contribution in [3.8, 4) is 29.2 Å². The second kappa shape index (κ2) is 9.45. The molecular formula is C26H24N4O6. The van der Waals surface area contributed by atoms with Crippen LogP contribution in [0.25, 0.3) is 33.0 Å². The van der Waals surface area contributed by atoms with E-state index in [1.165, 1.54) is 13.2 Å². The molecule has 184 valence electrons. The Kier molecular flexibility index (Phi) is 6.18. The number of anilines is 1. The van der Waals surface area contributed by atoms with E-state index in [-0.39, 0.29) is 35.6 Å². The van der Waals surface area contributed by atoms with Gasteiger partial charge in [-0.05, 0) is 36.9 Å². The van der Waals surface area contributed by atoms with Gasteiger partial charge in [-0.25, -0.2) is 4.79 Å². The number of aryl methyl sites for hydroxylation is 1. The molecule has 0 saturated carbocycles. The molecule has 0 bridgehead atoms. The highest BCUT2D eigenvalue weighted by Crippen LogP contribution is 2.38. The van der Waals surface area contributed by atoms with E-state index in [0.29, 0.717) is 65.0 Å². The highest BCUT2D eigenvalue weighted by Gasteiger charge is 2.28. The molecule has 1 unspecified atom stereocenters. The van der Waals surface area contributed by atoms with Crippen molar-refractivity contribution in [3.05, 3.63) is 51.9 Å². The molecule has 2 aromatic carbocycles. The summed E-state index contributed by atoms with van der Waals surface area (Å²) in [5.74, 6) is 0.440. The number of methoxy groups -OCH3 is 1. The maximum atomic E-state index is 13.5. The van der Waals surface area contributed by atoms with E-state index in [9.17, 15) is 20.3 Å². The second-order valence-electron chi connectivity index (χ2n) is 8.54. The number of benzene rings is 2. The highest BCUT2D eigenvalue weighted by molar-refractivity contribution is 6.03. The Morgan fingerprint density at radius 3 is 2.83 bits per heavy atom. The third-order valence-corrected chi connectivity index (χ3v) is 6.47. The van der Waals surface area contributed by atoms with Crippen molar-refractivity contribution >= 4 is 27.5 Å². The third kappa shape index (κ3) is 3.88. The van der Waals surface area contributed by atoms with Crippen LogP contribution < -0.4 is 15.3 Å². The number of fused-ring (bicyclic) bond motifs is 2. The Labute approximate surface area is 206 Å². The monoisotopic (exact) mass is 488 g/mol. The fourth-order valence-corrected chi connectivity index (χ4v) is 4.75. The Bertz CT molecular complexity index is 1580. The topological polar surface area (TPSA) is 142 Å². The molecule has 5 rings (SSSR count). The molecule has 0 amide bonds. The zero-order chi connectivity index (χ0) is 25.4. The average molecular weight is 489 g/mol. The summed E-state index contributed by atoms with van der Waals surface area (Å²) in [4.78, 5) is 24.3. The zero-order valence-electron chi connectivity index (χ0n) is 19.8. The van der Waals surface area contributed by atoms with Crippen LogP contribution in [0.2, 0.25) is 0 Å². The van der Waals surface area contributed by atoms with Crippen molar-refractivity contribution in [2.24, 2.45) is 0 Å². The summed E-state index contributed by atoms with van der Waals surface area (Å²) in [6, 6.07) is 10.1. The predicted molar refractivity (Wildman–Crippen MR) is 132 cm³/mol. The lowest BCUT2D eigenvalue weighted by atomic mass is 9.95. The fourth-order valence-electron chi connectivity index (χ4n) is 4.75. The molecule has 0 radical (unpaired) electrons. The molecule has 1 fully saturated rings. The minimum Gasteiger partial charge on any atom is -0.508 e. The van der Waals surface area contributed by atoms with Gasteiger partial charge in [0.1, 0.15) is 16.9 Å². The van der Waals surface area contributed by atoms with Gasteiger partial charge in [-0.2, -0.15) is 15.2 Å². The Hall–Kier alpha value is -4.20. The van der Waals surface area contributed by atoms with Gasteiger partial charge >= 0.3 is 11.6 Å². The van der Waals surface area contributed by atoms with Crippen LogP contribution >= 0.6 is 0 Å². The number of aliphatic hydroxyl groups is 1. The first kappa shape index (κ1) is 23.5. The lowest BCUT2D eigenvalue weighted by molar-refractivity contribution is 0.146. The minimum absolute atomic E-state index is 0.0361. The molecule has 3 heterocycles. The van der Waals surface area contributed by atoms with Crippen molar-refractivity contribution in [2.75, 3.05) is 38.4 Å². The summed E-state index contributed by atoms with van der Waals surface area (Å²) in [5, 5.41) is 31.5. The standard InChI is InChI=1S/C26H24N4O6/c1-14-22-21(24(29-26(28-22)34-2)30-7-9-35-8-6-17(30)13-31)25(33)36-23(14)19-11-18(32)10-15-4-3-5-16(12-27)20(15)19/h3-5,10-11,17,31-32H,6-9,13H2,1-2H3. The number of aromatic nitrogens is 2. The quantitative estimate of drug-likeness (QED) is 0.440.